The number of nitrogens with one attached hydrogen (secondary N) is 3. The monoisotopic (exact) mass is 396 g/mol. The van der Waals surface area contributed by atoms with E-state index in [1.807, 2.05) is 49.4 Å². The molecule has 0 aliphatic carbocycles. The summed E-state index contributed by atoms with van der Waals surface area (Å²) in [6.07, 6.45) is 1.92. The second-order valence-corrected chi connectivity index (χ2v) is 7.66. The third-order valence-electron chi connectivity index (χ3n) is 5.22. The van der Waals surface area contributed by atoms with Crippen LogP contribution in [0.2, 0.25) is 0 Å². The van der Waals surface area contributed by atoms with E-state index in [9.17, 15) is 9.59 Å². The topological polar surface area (TPSA) is 62.6 Å². The van der Waals surface area contributed by atoms with E-state index in [4.69, 9.17) is 0 Å². The third-order valence-corrected chi connectivity index (χ3v) is 5.22. The molecule has 2 aromatic rings. The maximum Gasteiger partial charge on any atom is 0.279 e. The number of rotatable bonds is 10. The number of carbonyl (C=O) groups excluding carboxylic acids is 2. The summed E-state index contributed by atoms with van der Waals surface area (Å²) >= 11 is 0. The first-order chi connectivity index (χ1) is 13.9. The van der Waals surface area contributed by atoms with Crippen LogP contribution in [0, 0.1) is 6.92 Å². The fourth-order valence-electron chi connectivity index (χ4n) is 3.41. The molecule has 5 nitrogen and oxygen atoms in total. The lowest BCUT2D eigenvalue weighted by Crippen LogP contribution is -3.14. The predicted molar refractivity (Wildman–Crippen MR) is 119 cm³/mol. The lowest BCUT2D eigenvalue weighted by molar-refractivity contribution is -0.883. The first kappa shape index (κ1) is 22.6. The van der Waals surface area contributed by atoms with Crippen molar-refractivity contribution in [2.45, 2.75) is 46.5 Å². The maximum atomic E-state index is 12.7. The molecule has 0 aliphatic heterocycles. The second kappa shape index (κ2) is 11.4. The van der Waals surface area contributed by atoms with Crippen LogP contribution in [0.1, 0.15) is 50.7 Å². The van der Waals surface area contributed by atoms with E-state index in [1.54, 1.807) is 0 Å². The molecule has 29 heavy (non-hydrogen) atoms. The van der Waals surface area contributed by atoms with Crippen LogP contribution in [-0.4, -0.2) is 31.4 Å². The molecule has 3 N–H and O–H groups in total. The zero-order valence-corrected chi connectivity index (χ0v) is 18.0. The van der Waals surface area contributed by atoms with Crippen LogP contribution >= 0.6 is 0 Å². The van der Waals surface area contributed by atoms with Crippen LogP contribution in [-0.2, 0) is 9.59 Å². The van der Waals surface area contributed by atoms with Crippen molar-refractivity contribution < 1.29 is 14.5 Å². The predicted octanol–water partition coefficient (Wildman–Crippen LogP) is 3.38. The SMILES string of the molecule is CCC[NH+](CC(=O)Nc1ccccc1C)CC(=O)Nc1ccccc1[C@H](C)CC. The minimum atomic E-state index is -0.0736. The van der Waals surface area contributed by atoms with Gasteiger partial charge in [-0.1, -0.05) is 57.2 Å². The Hall–Kier alpha value is -2.66. The van der Waals surface area contributed by atoms with Gasteiger partial charge in [0.15, 0.2) is 13.1 Å². The van der Waals surface area contributed by atoms with E-state index in [-0.39, 0.29) is 24.9 Å². The highest BCUT2D eigenvalue weighted by molar-refractivity contribution is 5.94. The van der Waals surface area contributed by atoms with Gasteiger partial charge in [-0.2, -0.15) is 0 Å². The highest BCUT2D eigenvalue weighted by Gasteiger charge is 2.19. The number of aryl methyl sites for hydroxylation is 1. The molecule has 2 rings (SSSR count). The van der Waals surface area contributed by atoms with Crippen LogP contribution in [0.5, 0.6) is 0 Å². The van der Waals surface area contributed by atoms with E-state index in [2.05, 4.69) is 37.5 Å². The Morgan fingerprint density at radius 1 is 0.897 bits per heavy atom. The van der Waals surface area contributed by atoms with E-state index >= 15 is 0 Å². The summed E-state index contributed by atoms with van der Waals surface area (Å²) in [4.78, 5) is 26.2. The summed E-state index contributed by atoms with van der Waals surface area (Å²) < 4.78 is 0. The van der Waals surface area contributed by atoms with Crippen molar-refractivity contribution in [3.63, 3.8) is 0 Å². The van der Waals surface area contributed by atoms with E-state index < -0.39 is 0 Å². The molecule has 156 valence electrons. The number of carbonyl (C=O) groups is 2. The Balaban J connectivity index is 1.98. The molecule has 2 atom stereocenters. The fourth-order valence-corrected chi connectivity index (χ4v) is 3.41. The normalized spacial score (nSPS) is 12.8. The Morgan fingerprint density at radius 2 is 1.45 bits per heavy atom. The summed E-state index contributed by atoms with van der Waals surface area (Å²) in [5.41, 5.74) is 3.86. The van der Waals surface area contributed by atoms with Gasteiger partial charge in [0, 0.05) is 11.4 Å². The molecular formula is C24H34N3O2+. The van der Waals surface area contributed by atoms with Crippen LogP contribution in [0.25, 0.3) is 0 Å². The Bertz CT molecular complexity index is 819. The minimum Gasteiger partial charge on any atom is -0.321 e. The molecule has 0 fully saturated rings. The van der Waals surface area contributed by atoms with E-state index in [0.29, 0.717) is 5.92 Å². The molecule has 2 amide bonds. The molecule has 0 spiro atoms. The zero-order valence-electron chi connectivity index (χ0n) is 18.0. The number of quaternary nitrogens is 1. The van der Waals surface area contributed by atoms with Gasteiger partial charge in [0.05, 0.1) is 6.54 Å². The van der Waals surface area contributed by atoms with Gasteiger partial charge in [-0.05, 0) is 48.9 Å². The van der Waals surface area contributed by atoms with Crippen LogP contribution < -0.4 is 15.5 Å². The summed E-state index contributed by atoms with van der Waals surface area (Å²) in [7, 11) is 0. The first-order valence-corrected chi connectivity index (χ1v) is 10.5. The molecule has 0 radical (unpaired) electrons. The quantitative estimate of drug-likeness (QED) is 0.576. The van der Waals surface area contributed by atoms with Crippen molar-refractivity contribution in [3.05, 3.63) is 59.7 Å². The van der Waals surface area contributed by atoms with Crippen LogP contribution in [0.15, 0.2) is 48.5 Å². The first-order valence-electron chi connectivity index (χ1n) is 10.5. The largest absolute Gasteiger partial charge is 0.321 e. The molecule has 1 unspecified atom stereocenters. The molecule has 0 heterocycles. The number of para-hydroxylation sites is 2. The number of amides is 2. The van der Waals surface area contributed by atoms with Crippen molar-refractivity contribution in [1.82, 2.24) is 0 Å². The summed E-state index contributed by atoms with van der Waals surface area (Å²) in [6, 6.07) is 15.7. The fraction of sp³-hybridized carbons (Fsp3) is 0.417. The van der Waals surface area contributed by atoms with Crippen LogP contribution in [0.4, 0.5) is 11.4 Å². The number of hydrogen-bond acceptors (Lipinski definition) is 2. The molecule has 2 aromatic carbocycles. The van der Waals surface area contributed by atoms with E-state index in [0.717, 1.165) is 46.8 Å². The lowest BCUT2D eigenvalue weighted by atomic mass is 9.97. The van der Waals surface area contributed by atoms with Gasteiger partial charge in [0.2, 0.25) is 0 Å². The molecule has 5 heteroatoms. The highest BCUT2D eigenvalue weighted by atomic mass is 16.2. The van der Waals surface area contributed by atoms with Crippen LogP contribution in [0.3, 0.4) is 0 Å². The van der Waals surface area contributed by atoms with Gasteiger partial charge in [-0.15, -0.1) is 0 Å². The molecule has 0 aromatic heterocycles. The van der Waals surface area contributed by atoms with Gasteiger partial charge < -0.3 is 15.5 Å². The highest BCUT2D eigenvalue weighted by Crippen LogP contribution is 2.26. The average molecular weight is 397 g/mol. The zero-order chi connectivity index (χ0) is 21.2. The standard InChI is InChI=1S/C24H33N3O2/c1-5-15-27(16-23(28)25-21-13-9-7-11-19(21)4)17-24(29)26-22-14-10-8-12-20(22)18(3)6-2/h7-14,18H,5-6,15-17H2,1-4H3,(H,25,28)(H,26,29)/p+1/t18-/m1/s1. The van der Waals surface area contributed by atoms with Gasteiger partial charge in [0.25, 0.3) is 11.8 Å². The second-order valence-electron chi connectivity index (χ2n) is 7.66. The molecule has 0 bridgehead atoms. The Labute approximate surface area is 174 Å². The van der Waals surface area contributed by atoms with Crippen molar-refractivity contribution in [1.29, 1.82) is 0 Å². The average Bonchev–Trinajstić information content (AvgIpc) is 2.69. The van der Waals surface area contributed by atoms with Crippen molar-refractivity contribution >= 4 is 23.2 Å². The Morgan fingerprint density at radius 3 is 2.03 bits per heavy atom. The third kappa shape index (κ3) is 7.02. The molecular weight excluding hydrogens is 362 g/mol. The van der Waals surface area contributed by atoms with Gasteiger partial charge in [0.1, 0.15) is 0 Å². The maximum absolute atomic E-state index is 12.7. The lowest BCUT2D eigenvalue weighted by Gasteiger charge is -2.20. The van der Waals surface area contributed by atoms with Crippen molar-refractivity contribution in [3.8, 4) is 0 Å². The summed E-state index contributed by atoms with van der Waals surface area (Å²) in [5.74, 6) is 0.244. The summed E-state index contributed by atoms with van der Waals surface area (Å²) in [6.45, 7) is 9.64. The van der Waals surface area contributed by atoms with E-state index in [1.165, 1.54) is 0 Å². The molecule has 0 saturated carbocycles. The molecule has 0 saturated heterocycles. The molecule has 0 aliphatic rings. The number of anilines is 2. The van der Waals surface area contributed by atoms with Gasteiger partial charge in [-0.3, -0.25) is 9.59 Å². The van der Waals surface area contributed by atoms with Crippen molar-refractivity contribution in [2.24, 2.45) is 0 Å². The number of benzene rings is 2. The number of hydrogen-bond donors (Lipinski definition) is 3. The summed E-state index contributed by atoms with van der Waals surface area (Å²) in [5, 5.41) is 6.02. The van der Waals surface area contributed by atoms with Crippen molar-refractivity contribution in [2.75, 3.05) is 30.3 Å². The van der Waals surface area contributed by atoms with Gasteiger partial charge in [-0.25, -0.2) is 0 Å². The van der Waals surface area contributed by atoms with Gasteiger partial charge >= 0.3 is 0 Å². The minimum absolute atomic E-state index is 0.0621. The Kier molecular flexibility index (Phi) is 8.87. The smallest absolute Gasteiger partial charge is 0.279 e.